The minimum atomic E-state index is -0.118. The first-order chi connectivity index (χ1) is 17.1. The Labute approximate surface area is 206 Å². The molecule has 1 amide bonds. The van der Waals surface area contributed by atoms with Crippen molar-refractivity contribution in [1.82, 2.24) is 14.7 Å². The van der Waals surface area contributed by atoms with Crippen molar-refractivity contribution >= 4 is 17.3 Å². The number of aryl methyl sites for hydroxylation is 1. The molecule has 2 aromatic carbocycles. The summed E-state index contributed by atoms with van der Waals surface area (Å²) < 4.78 is 1.49. The maximum Gasteiger partial charge on any atom is 0.269 e. The Balaban J connectivity index is 1.19. The number of nitrogens with zero attached hydrogens (tertiary/aromatic N) is 5. The van der Waals surface area contributed by atoms with Gasteiger partial charge in [-0.15, -0.1) is 0 Å². The average Bonchev–Trinajstić information content (AvgIpc) is 2.91. The number of piperidine rings is 1. The third-order valence-corrected chi connectivity index (χ3v) is 7.16. The van der Waals surface area contributed by atoms with E-state index in [9.17, 15) is 9.59 Å². The van der Waals surface area contributed by atoms with Crippen LogP contribution in [0, 0.1) is 12.8 Å². The van der Waals surface area contributed by atoms with Crippen molar-refractivity contribution in [3.63, 3.8) is 0 Å². The molecule has 5 rings (SSSR count). The van der Waals surface area contributed by atoms with Crippen molar-refractivity contribution in [3.8, 4) is 0 Å². The molecule has 0 radical (unpaired) electrons. The first-order valence-electron chi connectivity index (χ1n) is 12.5. The quantitative estimate of drug-likeness (QED) is 0.572. The maximum atomic E-state index is 13.3. The molecule has 2 aliphatic heterocycles. The number of rotatable bonds is 5. The first kappa shape index (κ1) is 23.1. The van der Waals surface area contributed by atoms with E-state index in [-0.39, 0.29) is 17.4 Å². The molecular formula is C28H33N5O2. The lowest BCUT2D eigenvalue weighted by atomic mass is 9.96. The van der Waals surface area contributed by atoms with Crippen LogP contribution in [0.3, 0.4) is 0 Å². The Kier molecular flexibility index (Phi) is 6.84. The Bertz CT molecular complexity index is 1200. The summed E-state index contributed by atoms with van der Waals surface area (Å²) in [7, 11) is 0. The van der Waals surface area contributed by atoms with Crippen molar-refractivity contribution in [2.75, 3.05) is 49.1 Å². The molecule has 7 heteroatoms. The fourth-order valence-corrected chi connectivity index (χ4v) is 5.08. The van der Waals surface area contributed by atoms with Crippen LogP contribution in [-0.2, 0) is 11.3 Å². The van der Waals surface area contributed by atoms with Crippen LogP contribution in [0.2, 0.25) is 0 Å². The summed E-state index contributed by atoms with van der Waals surface area (Å²) in [5.74, 6) is 0.199. The van der Waals surface area contributed by atoms with E-state index in [1.807, 2.05) is 35.2 Å². The number of carbonyl (C=O) groups excluding carboxylic acids is 1. The van der Waals surface area contributed by atoms with E-state index in [4.69, 9.17) is 0 Å². The van der Waals surface area contributed by atoms with Gasteiger partial charge >= 0.3 is 0 Å². The van der Waals surface area contributed by atoms with Crippen molar-refractivity contribution < 1.29 is 4.79 Å². The van der Waals surface area contributed by atoms with E-state index in [0.717, 1.165) is 56.8 Å². The van der Waals surface area contributed by atoms with Gasteiger partial charge in [-0.2, -0.15) is 5.10 Å². The molecule has 1 aromatic heterocycles. The molecule has 182 valence electrons. The molecule has 3 aromatic rings. The molecule has 0 N–H and O–H groups in total. The van der Waals surface area contributed by atoms with Gasteiger partial charge in [0, 0.05) is 51.0 Å². The van der Waals surface area contributed by atoms with Crippen LogP contribution in [0.1, 0.15) is 24.0 Å². The molecule has 2 saturated heterocycles. The molecule has 7 nitrogen and oxygen atoms in total. The minimum Gasteiger partial charge on any atom is -0.369 e. The van der Waals surface area contributed by atoms with E-state index < -0.39 is 0 Å². The van der Waals surface area contributed by atoms with Crippen LogP contribution in [0.15, 0.2) is 71.7 Å². The summed E-state index contributed by atoms with van der Waals surface area (Å²) in [6.07, 6.45) is 3.59. The van der Waals surface area contributed by atoms with Gasteiger partial charge in [0.2, 0.25) is 5.91 Å². The second-order valence-electron chi connectivity index (χ2n) is 9.63. The van der Waals surface area contributed by atoms with Gasteiger partial charge in [-0.25, -0.2) is 4.68 Å². The number of anilines is 2. The predicted molar refractivity (Wildman–Crippen MR) is 139 cm³/mol. The van der Waals surface area contributed by atoms with Gasteiger partial charge < -0.3 is 14.7 Å². The van der Waals surface area contributed by atoms with Gasteiger partial charge in [-0.1, -0.05) is 48.0 Å². The second kappa shape index (κ2) is 10.3. The lowest BCUT2D eigenvalue weighted by Crippen LogP contribution is -2.52. The third kappa shape index (κ3) is 5.39. The number of benzene rings is 2. The molecule has 0 spiro atoms. The molecule has 0 bridgehead atoms. The van der Waals surface area contributed by atoms with Gasteiger partial charge in [-0.3, -0.25) is 9.59 Å². The van der Waals surface area contributed by atoms with Gasteiger partial charge in [-0.05, 0) is 37.5 Å². The number of amides is 1. The summed E-state index contributed by atoms with van der Waals surface area (Å²) in [5, 5.41) is 4.41. The van der Waals surface area contributed by atoms with Gasteiger partial charge in [0.15, 0.2) is 0 Å². The van der Waals surface area contributed by atoms with Crippen LogP contribution < -0.4 is 15.4 Å². The van der Waals surface area contributed by atoms with Crippen molar-refractivity contribution in [1.29, 1.82) is 0 Å². The Morgan fingerprint density at radius 2 is 1.66 bits per heavy atom. The average molecular weight is 472 g/mol. The van der Waals surface area contributed by atoms with E-state index >= 15 is 0 Å². The highest BCUT2D eigenvalue weighted by Crippen LogP contribution is 2.25. The van der Waals surface area contributed by atoms with Crippen molar-refractivity contribution in [2.45, 2.75) is 26.3 Å². The molecule has 1 unspecified atom stereocenters. The number of hydrogen-bond donors (Lipinski definition) is 0. The number of hydrogen-bond acceptors (Lipinski definition) is 5. The molecule has 2 aliphatic rings. The smallest absolute Gasteiger partial charge is 0.269 e. The van der Waals surface area contributed by atoms with Crippen LogP contribution in [0.4, 0.5) is 11.4 Å². The first-order valence-corrected chi connectivity index (χ1v) is 12.5. The number of aromatic nitrogens is 2. The molecule has 2 fully saturated rings. The number of piperazine rings is 1. The highest BCUT2D eigenvalue weighted by molar-refractivity contribution is 5.80. The zero-order valence-corrected chi connectivity index (χ0v) is 20.3. The summed E-state index contributed by atoms with van der Waals surface area (Å²) in [5.41, 5.74) is 4.21. The highest BCUT2D eigenvalue weighted by Gasteiger charge is 2.31. The molecule has 0 aliphatic carbocycles. The third-order valence-electron chi connectivity index (χ3n) is 7.16. The lowest BCUT2D eigenvalue weighted by Gasteiger charge is -2.40. The topological polar surface area (TPSA) is 61.7 Å². The Morgan fingerprint density at radius 1 is 0.914 bits per heavy atom. The summed E-state index contributed by atoms with van der Waals surface area (Å²) in [4.78, 5) is 32.6. The largest absolute Gasteiger partial charge is 0.369 e. The number of carbonyl (C=O) groups is 1. The Hall–Kier alpha value is -3.61. The SMILES string of the molecule is Cc1ccc(N2CCN(C(=O)C3CCCN(c4cnn(Cc5ccccc5)c(=O)c4)C3)CC2)cc1. The molecular weight excluding hydrogens is 438 g/mol. The van der Waals surface area contributed by atoms with E-state index in [1.54, 1.807) is 12.3 Å². The summed E-state index contributed by atoms with van der Waals surface area (Å²) >= 11 is 0. The van der Waals surface area contributed by atoms with E-state index in [0.29, 0.717) is 13.1 Å². The second-order valence-corrected chi connectivity index (χ2v) is 9.63. The highest BCUT2D eigenvalue weighted by atomic mass is 16.2. The van der Waals surface area contributed by atoms with Crippen molar-refractivity contribution in [3.05, 3.63) is 88.3 Å². The van der Waals surface area contributed by atoms with Crippen molar-refractivity contribution in [2.24, 2.45) is 5.92 Å². The summed E-state index contributed by atoms with van der Waals surface area (Å²) in [6.45, 7) is 7.25. The van der Waals surface area contributed by atoms with Crippen LogP contribution >= 0.6 is 0 Å². The normalized spacial score (nSPS) is 18.5. The minimum absolute atomic E-state index is 0.0403. The van der Waals surface area contributed by atoms with E-state index in [1.165, 1.54) is 15.9 Å². The lowest BCUT2D eigenvalue weighted by molar-refractivity contribution is -0.136. The zero-order valence-electron chi connectivity index (χ0n) is 20.3. The fourth-order valence-electron chi connectivity index (χ4n) is 5.08. The standard InChI is InChI=1S/C28H33N5O2/c1-22-9-11-25(12-10-22)30-14-16-31(17-15-30)28(35)24-8-5-13-32(21-24)26-18-27(34)33(29-19-26)20-23-6-3-2-4-7-23/h2-4,6-7,9-12,18-19,24H,5,8,13-17,20-21H2,1H3. The zero-order chi connectivity index (χ0) is 24.2. The van der Waals surface area contributed by atoms with Gasteiger partial charge in [0.1, 0.15) is 0 Å². The fraction of sp³-hybridized carbons (Fsp3) is 0.393. The maximum absolute atomic E-state index is 13.3. The van der Waals surface area contributed by atoms with Crippen LogP contribution in [0.25, 0.3) is 0 Å². The summed E-state index contributed by atoms with van der Waals surface area (Å²) in [6, 6.07) is 20.1. The predicted octanol–water partition coefficient (Wildman–Crippen LogP) is 3.17. The Morgan fingerprint density at radius 3 is 2.37 bits per heavy atom. The molecule has 35 heavy (non-hydrogen) atoms. The van der Waals surface area contributed by atoms with Crippen LogP contribution in [-0.4, -0.2) is 59.9 Å². The molecule has 3 heterocycles. The molecule has 1 atom stereocenters. The van der Waals surface area contributed by atoms with Gasteiger partial charge in [0.25, 0.3) is 5.56 Å². The monoisotopic (exact) mass is 471 g/mol. The van der Waals surface area contributed by atoms with Gasteiger partial charge in [0.05, 0.1) is 24.3 Å². The van der Waals surface area contributed by atoms with E-state index in [2.05, 4.69) is 46.1 Å². The van der Waals surface area contributed by atoms with Crippen LogP contribution in [0.5, 0.6) is 0 Å². The molecule has 0 saturated carbocycles.